The van der Waals surface area contributed by atoms with E-state index in [2.05, 4.69) is 10.1 Å². The largest absolute Gasteiger partial charge is 0.497 e. The molecule has 0 aliphatic heterocycles. The lowest BCUT2D eigenvalue weighted by Crippen LogP contribution is -2.22. The highest BCUT2D eigenvalue weighted by atomic mass is 16.5. The van der Waals surface area contributed by atoms with Crippen LogP contribution in [0.5, 0.6) is 23.0 Å². The van der Waals surface area contributed by atoms with Gasteiger partial charge in [0, 0.05) is 12.6 Å². The van der Waals surface area contributed by atoms with Gasteiger partial charge in [-0.1, -0.05) is 24.3 Å². The summed E-state index contributed by atoms with van der Waals surface area (Å²) in [4.78, 5) is 23.1. The Morgan fingerprint density at radius 2 is 1.38 bits per heavy atom. The van der Waals surface area contributed by atoms with Crippen LogP contribution in [0.3, 0.4) is 0 Å². The first kappa shape index (κ1) is 24.2. The van der Waals surface area contributed by atoms with Crippen molar-refractivity contribution < 1.29 is 33.6 Å². The van der Waals surface area contributed by atoms with Crippen LogP contribution in [0.15, 0.2) is 66.7 Å². The van der Waals surface area contributed by atoms with Crippen molar-refractivity contribution in [2.24, 2.45) is 0 Å². The summed E-state index contributed by atoms with van der Waals surface area (Å²) in [5.74, 6) is 1.22. The first-order valence-electron chi connectivity index (χ1n) is 10.3. The van der Waals surface area contributed by atoms with E-state index < -0.39 is 12.1 Å². The fraction of sp³-hybridized carbons (Fsp3) is 0.154. The molecule has 0 aliphatic carbocycles. The van der Waals surface area contributed by atoms with Gasteiger partial charge >= 0.3 is 12.1 Å². The molecule has 0 saturated carbocycles. The molecule has 0 saturated heterocycles. The minimum Gasteiger partial charge on any atom is -0.497 e. The van der Waals surface area contributed by atoms with E-state index in [1.807, 2.05) is 12.1 Å². The molecule has 0 spiro atoms. The van der Waals surface area contributed by atoms with Gasteiger partial charge in [-0.3, -0.25) is 0 Å². The number of hydrogen-bond acceptors (Lipinski definition) is 6. The van der Waals surface area contributed by atoms with Gasteiger partial charge in [0.05, 0.1) is 26.9 Å². The van der Waals surface area contributed by atoms with Crippen LogP contribution in [0.4, 0.5) is 4.79 Å². The molecule has 0 fully saturated rings. The van der Waals surface area contributed by atoms with Gasteiger partial charge in [0.2, 0.25) is 0 Å². The number of rotatable bonds is 9. The number of nitrogens with one attached hydrogen (secondary N) is 1. The van der Waals surface area contributed by atoms with Crippen molar-refractivity contribution in [2.75, 3.05) is 21.3 Å². The zero-order valence-corrected chi connectivity index (χ0v) is 19.0. The number of aliphatic carboxylic acids is 1. The van der Waals surface area contributed by atoms with Gasteiger partial charge < -0.3 is 29.4 Å². The zero-order chi connectivity index (χ0) is 24.5. The van der Waals surface area contributed by atoms with Gasteiger partial charge in [-0.05, 0) is 59.2 Å². The molecule has 3 aromatic carbocycles. The van der Waals surface area contributed by atoms with Crippen LogP contribution in [-0.2, 0) is 16.1 Å². The van der Waals surface area contributed by atoms with Gasteiger partial charge in [-0.25, -0.2) is 9.59 Å². The first-order valence-corrected chi connectivity index (χ1v) is 10.3. The van der Waals surface area contributed by atoms with Crippen LogP contribution in [0.1, 0.15) is 16.7 Å². The normalized spacial score (nSPS) is 10.9. The molecule has 0 unspecified atom stereocenters. The second kappa shape index (κ2) is 11.4. The third kappa shape index (κ3) is 6.52. The highest BCUT2D eigenvalue weighted by Crippen LogP contribution is 2.28. The van der Waals surface area contributed by atoms with Crippen molar-refractivity contribution in [1.82, 2.24) is 5.32 Å². The summed E-state index contributed by atoms with van der Waals surface area (Å²) >= 11 is 0. The molecule has 0 bridgehead atoms. The van der Waals surface area contributed by atoms with E-state index in [0.29, 0.717) is 40.7 Å². The molecule has 8 nitrogen and oxygen atoms in total. The van der Waals surface area contributed by atoms with Crippen molar-refractivity contribution in [3.63, 3.8) is 0 Å². The van der Waals surface area contributed by atoms with Gasteiger partial charge in [0.25, 0.3) is 0 Å². The Morgan fingerprint density at radius 3 is 1.88 bits per heavy atom. The number of carbonyl (C=O) groups excluding carboxylic acids is 1. The molecule has 34 heavy (non-hydrogen) atoms. The molecule has 0 heterocycles. The van der Waals surface area contributed by atoms with Crippen molar-refractivity contribution in [1.29, 1.82) is 0 Å². The number of carbonyl (C=O) groups is 2. The van der Waals surface area contributed by atoms with Crippen LogP contribution >= 0.6 is 0 Å². The maximum Gasteiger partial charge on any atom is 0.407 e. The lowest BCUT2D eigenvalue weighted by atomic mass is 10.0. The average Bonchev–Trinajstić information content (AvgIpc) is 2.86. The molecule has 3 rings (SSSR count). The lowest BCUT2D eigenvalue weighted by molar-refractivity contribution is -0.130. The molecule has 2 N–H and O–H groups in total. The fourth-order valence-electron chi connectivity index (χ4n) is 3.11. The number of ether oxygens (including phenoxy) is 4. The van der Waals surface area contributed by atoms with E-state index in [-0.39, 0.29) is 5.57 Å². The van der Waals surface area contributed by atoms with Crippen LogP contribution in [0, 0.1) is 0 Å². The molecule has 0 aromatic heterocycles. The van der Waals surface area contributed by atoms with Gasteiger partial charge in [-0.15, -0.1) is 0 Å². The van der Waals surface area contributed by atoms with E-state index in [1.165, 1.54) is 21.3 Å². The smallest absolute Gasteiger partial charge is 0.407 e. The van der Waals surface area contributed by atoms with Crippen LogP contribution in [0.25, 0.3) is 11.6 Å². The van der Waals surface area contributed by atoms with Crippen molar-refractivity contribution in [2.45, 2.75) is 6.54 Å². The number of benzene rings is 3. The van der Waals surface area contributed by atoms with Crippen molar-refractivity contribution >= 4 is 23.7 Å². The van der Waals surface area contributed by atoms with Gasteiger partial charge in [0.15, 0.2) is 0 Å². The Balaban J connectivity index is 1.75. The van der Waals surface area contributed by atoms with E-state index in [1.54, 1.807) is 60.7 Å². The van der Waals surface area contributed by atoms with E-state index in [0.717, 1.165) is 5.56 Å². The Bertz CT molecular complexity index is 1150. The predicted octanol–water partition coefficient (Wildman–Crippen LogP) is 4.98. The minimum atomic E-state index is -1.06. The van der Waals surface area contributed by atoms with E-state index in [9.17, 15) is 14.7 Å². The molecule has 3 aromatic rings. The van der Waals surface area contributed by atoms with Gasteiger partial charge in [0.1, 0.15) is 23.0 Å². The van der Waals surface area contributed by atoms with Crippen LogP contribution in [-0.4, -0.2) is 38.5 Å². The van der Waals surface area contributed by atoms with Crippen molar-refractivity contribution in [3.05, 3.63) is 83.4 Å². The number of carboxylic acid groups (broad SMARTS) is 1. The SMILES string of the molecule is COC(=O)NCc1ccc(Oc2ccc(C(=Cc3cc(OC)cc(OC)c3)C(=O)O)cc2)cc1. The molecule has 1 amide bonds. The summed E-state index contributed by atoms with van der Waals surface area (Å²) in [6.07, 6.45) is 1.06. The second-order valence-electron chi connectivity index (χ2n) is 7.12. The fourth-order valence-corrected chi connectivity index (χ4v) is 3.11. The van der Waals surface area contributed by atoms with Crippen LogP contribution < -0.4 is 19.5 Å². The van der Waals surface area contributed by atoms with Gasteiger partial charge in [-0.2, -0.15) is 0 Å². The number of alkyl carbamates (subject to hydrolysis) is 1. The number of hydrogen-bond donors (Lipinski definition) is 2. The molecular formula is C26H25NO7. The summed E-state index contributed by atoms with van der Waals surface area (Å²) in [6, 6.07) is 19.1. The van der Waals surface area contributed by atoms with E-state index in [4.69, 9.17) is 14.2 Å². The molecule has 0 aliphatic rings. The molecule has 0 atom stereocenters. The number of carboxylic acids is 1. The van der Waals surface area contributed by atoms with Crippen molar-refractivity contribution in [3.8, 4) is 23.0 Å². The standard InChI is InChI=1S/C26H25NO7/c1-31-22-12-18(13-23(15-22)32-2)14-24(25(28)29)19-6-10-21(11-7-19)34-20-8-4-17(5-9-20)16-27-26(30)33-3/h4-15H,16H2,1-3H3,(H,27,30)(H,28,29). The Morgan fingerprint density at radius 1 is 0.824 bits per heavy atom. The Kier molecular flexibility index (Phi) is 8.12. The molecular weight excluding hydrogens is 438 g/mol. The predicted molar refractivity (Wildman–Crippen MR) is 127 cm³/mol. The third-order valence-corrected chi connectivity index (χ3v) is 4.86. The highest BCUT2D eigenvalue weighted by Gasteiger charge is 2.12. The summed E-state index contributed by atoms with van der Waals surface area (Å²) in [7, 11) is 4.38. The summed E-state index contributed by atoms with van der Waals surface area (Å²) in [5.41, 5.74) is 2.16. The third-order valence-electron chi connectivity index (χ3n) is 4.86. The second-order valence-corrected chi connectivity index (χ2v) is 7.12. The molecule has 176 valence electrons. The Labute approximate surface area is 197 Å². The Hall–Kier alpha value is -4.46. The van der Waals surface area contributed by atoms with E-state index >= 15 is 0 Å². The quantitative estimate of drug-likeness (QED) is 0.341. The minimum absolute atomic E-state index is 0.115. The maximum absolute atomic E-state index is 11.9. The lowest BCUT2D eigenvalue weighted by Gasteiger charge is -2.10. The zero-order valence-electron chi connectivity index (χ0n) is 19.0. The first-order chi connectivity index (χ1) is 16.4. The summed E-state index contributed by atoms with van der Waals surface area (Å²) < 4.78 is 20.9. The number of methoxy groups -OCH3 is 3. The average molecular weight is 463 g/mol. The monoisotopic (exact) mass is 463 g/mol. The number of amides is 1. The molecule has 8 heteroatoms. The highest BCUT2D eigenvalue weighted by molar-refractivity contribution is 6.20. The molecule has 0 radical (unpaired) electrons. The summed E-state index contributed by atoms with van der Waals surface area (Å²) in [5, 5.41) is 12.4. The summed E-state index contributed by atoms with van der Waals surface area (Å²) in [6.45, 7) is 0.338. The topological polar surface area (TPSA) is 103 Å². The van der Waals surface area contributed by atoms with Crippen LogP contribution in [0.2, 0.25) is 0 Å². The maximum atomic E-state index is 11.9.